The summed E-state index contributed by atoms with van der Waals surface area (Å²) >= 11 is 17.0. The Balaban J connectivity index is 2.33. The summed E-state index contributed by atoms with van der Waals surface area (Å²) < 4.78 is 7.77. The quantitative estimate of drug-likeness (QED) is 0.407. The molecular weight excluding hydrogens is 441 g/mol. The van der Waals surface area contributed by atoms with E-state index in [9.17, 15) is 14.4 Å². The first kappa shape index (κ1) is 23.8. The van der Waals surface area contributed by atoms with Crippen LogP contribution in [0.2, 0.25) is 0 Å². The SMILES string of the molecule is COC(=O)[C@@H]1CCCC([C@@H](C)c2ccc(OC)cc2)C(=O)[C@H]1NC(=O)C(Cl)(Cl)Cl. The second-order valence-corrected chi connectivity index (χ2v) is 9.36. The zero-order valence-corrected chi connectivity index (χ0v) is 18.7. The van der Waals surface area contributed by atoms with Gasteiger partial charge in [0.1, 0.15) is 11.8 Å². The molecule has 1 aliphatic rings. The lowest BCUT2D eigenvalue weighted by Crippen LogP contribution is -2.53. The molecule has 0 bridgehead atoms. The smallest absolute Gasteiger partial charge is 0.311 e. The minimum Gasteiger partial charge on any atom is -0.497 e. The van der Waals surface area contributed by atoms with Crippen LogP contribution in [0.5, 0.6) is 5.75 Å². The summed E-state index contributed by atoms with van der Waals surface area (Å²) in [7, 11) is 2.82. The number of alkyl halides is 3. The number of ketones is 1. The van der Waals surface area contributed by atoms with Crippen molar-refractivity contribution in [2.75, 3.05) is 14.2 Å². The number of benzene rings is 1. The van der Waals surface area contributed by atoms with Gasteiger partial charge in [-0.25, -0.2) is 0 Å². The zero-order chi connectivity index (χ0) is 21.8. The Labute approximate surface area is 185 Å². The minimum atomic E-state index is -2.25. The van der Waals surface area contributed by atoms with Gasteiger partial charge in [0.25, 0.3) is 9.70 Å². The number of ether oxygens (including phenoxy) is 2. The van der Waals surface area contributed by atoms with Gasteiger partial charge in [-0.3, -0.25) is 14.4 Å². The molecule has 0 heterocycles. The Kier molecular flexibility index (Phi) is 8.20. The Hall–Kier alpha value is -1.50. The van der Waals surface area contributed by atoms with Crippen LogP contribution in [0.1, 0.15) is 37.7 Å². The third-order valence-corrected chi connectivity index (χ3v) is 5.91. The van der Waals surface area contributed by atoms with E-state index < -0.39 is 33.5 Å². The van der Waals surface area contributed by atoms with E-state index in [0.29, 0.717) is 25.0 Å². The number of Topliss-reactive ketones (excluding diaryl/α,β-unsaturated/α-hetero) is 1. The molecule has 0 saturated heterocycles. The lowest BCUT2D eigenvalue weighted by molar-refractivity contribution is -0.149. The second-order valence-electron chi connectivity index (χ2n) is 7.08. The van der Waals surface area contributed by atoms with Gasteiger partial charge in [0.2, 0.25) is 0 Å². The number of hydrogen-bond donors (Lipinski definition) is 1. The number of methoxy groups -OCH3 is 2. The number of amides is 1. The van der Waals surface area contributed by atoms with Crippen LogP contribution in [-0.2, 0) is 19.1 Å². The van der Waals surface area contributed by atoms with Crippen LogP contribution >= 0.6 is 34.8 Å². The monoisotopic (exact) mass is 463 g/mol. The van der Waals surface area contributed by atoms with Crippen molar-refractivity contribution in [2.45, 2.75) is 41.9 Å². The minimum absolute atomic E-state index is 0.142. The first-order chi connectivity index (χ1) is 13.6. The third-order valence-electron chi connectivity index (χ3n) is 5.40. The number of carbonyl (C=O) groups excluding carboxylic acids is 3. The summed E-state index contributed by atoms with van der Waals surface area (Å²) in [6.07, 6.45) is 1.57. The summed E-state index contributed by atoms with van der Waals surface area (Å²) in [5, 5.41) is 2.46. The van der Waals surface area contributed by atoms with E-state index in [0.717, 1.165) is 5.56 Å². The molecule has 1 unspecified atom stereocenters. The first-order valence-corrected chi connectivity index (χ1v) is 10.4. The molecule has 0 aromatic heterocycles. The standard InChI is InChI=1S/C20H24Cl3NO5/c1-11(12-7-9-13(28-2)10-8-12)14-5-4-6-15(18(26)29-3)16(17(14)25)24-19(27)20(21,22)23/h7-11,14-16H,4-6H2,1-3H3,(H,24,27)/t11-,14?,15+,16-/m0/s1. The number of nitrogens with one attached hydrogen (secondary N) is 1. The largest absolute Gasteiger partial charge is 0.497 e. The van der Waals surface area contributed by atoms with Gasteiger partial charge >= 0.3 is 5.97 Å². The number of esters is 1. The van der Waals surface area contributed by atoms with Crippen LogP contribution in [0.25, 0.3) is 0 Å². The molecule has 1 aliphatic carbocycles. The van der Waals surface area contributed by atoms with Crippen molar-refractivity contribution in [1.29, 1.82) is 0 Å². The van der Waals surface area contributed by atoms with E-state index in [4.69, 9.17) is 44.3 Å². The molecule has 1 aromatic rings. The molecule has 160 valence electrons. The fraction of sp³-hybridized carbons (Fsp3) is 0.550. The van der Waals surface area contributed by atoms with Crippen molar-refractivity contribution in [1.82, 2.24) is 5.32 Å². The van der Waals surface area contributed by atoms with Crippen molar-refractivity contribution in [3.8, 4) is 5.75 Å². The van der Waals surface area contributed by atoms with Gasteiger partial charge in [-0.2, -0.15) is 0 Å². The van der Waals surface area contributed by atoms with Crippen molar-refractivity contribution >= 4 is 52.5 Å². The van der Waals surface area contributed by atoms with Crippen LogP contribution in [0.15, 0.2) is 24.3 Å². The fourth-order valence-electron chi connectivity index (χ4n) is 3.73. The van der Waals surface area contributed by atoms with E-state index >= 15 is 0 Å². The molecule has 1 fully saturated rings. The molecule has 1 N–H and O–H groups in total. The Morgan fingerprint density at radius 3 is 2.28 bits per heavy atom. The number of halogens is 3. The summed E-state index contributed by atoms with van der Waals surface area (Å²) in [6.45, 7) is 1.94. The molecule has 6 nitrogen and oxygen atoms in total. The molecule has 1 aromatic carbocycles. The van der Waals surface area contributed by atoms with Crippen LogP contribution < -0.4 is 10.1 Å². The highest BCUT2D eigenvalue weighted by Crippen LogP contribution is 2.36. The average molecular weight is 465 g/mol. The molecule has 9 heteroatoms. The predicted octanol–water partition coefficient (Wildman–Crippen LogP) is 3.81. The molecule has 29 heavy (non-hydrogen) atoms. The van der Waals surface area contributed by atoms with Crippen molar-refractivity contribution in [2.24, 2.45) is 11.8 Å². The molecule has 4 atom stereocenters. The lowest BCUT2D eigenvalue weighted by atomic mass is 9.80. The van der Waals surface area contributed by atoms with Gasteiger partial charge in [-0.15, -0.1) is 0 Å². The molecule has 0 spiro atoms. The Morgan fingerprint density at radius 2 is 1.76 bits per heavy atom. The van der Waals surface area contributed by atoms with Gasteiger partial charge < -0.3 is 14.8 Å². The Bertz CT molecular complexity index is 747. The predicted molar refractivity (Wildman–Crippen MR) is 111 cm³/mol. The normalized spacial score (nSPS) is 23.7. The van der Waals surface area contributed by atoms with Gasteiger partial charge in [0, 0.05) is 5.92 Å². The van der Waals surface area contributed by atoms with Gasteiger partial charge in [-0.05, 0) is 36.5 Å². The maximum absolute atomic E-state index is 13.4. The van der Waals surface area contributed by atoms with Crippen LogP contribution in [-0.4, -0.2) is 41.7 Å². The molecule has 1 amide bonds. The molecule has 2 rings (SSSR count). The van der Waals surface area contributed by atoms with Crippen LogP contribution in [0, 0.1) is 11.8 Å². The highest BCUT2D eigenvalue weighted by atomic mass is 35.6. The first-order valence-electron chi connectivity index (χ1n) is 9.23. The van der Waals surface area contributed by atoms with E-state index in [1.807, 2.05) is 31.2 Å². The maximum atomic E-state index is 13.4. The second kappa shape index (κ2) is 10.0. The zero-order valence-electron chi connectivity index (χ0n) is 16.4. The number of hydrogen-bond acceptors (Lipinski definition) is 5. The third kappa shape index (κ3) is 5.77. The molecule has 0 aliphatic heterocycles. The lowest BCUT2D eigenvalue weighted by Gasteiger charge is -2.28. The summed E-state index contributed by atoms with van der Waals surface area (Å²) in [5.41, 5.74) is 0.951. The maximum Gasteiger partial charge on any atom is 0.311 e. The van der Waals surface area contributed by atoms with Crippen LogP contribution in [0.4, 0.5) is 0 Å². The Morgan fingerprint density at radius 1 is 1.14 bits per heavy atom. The van der Waals surface area contributed by atoms with Gasteiger partial charge in [0.05, 0.1) is 20.1 Å². The van der Waals surface area contributed by atoms with Crippen molar-refractivity contribution in [3.63, 3.8) is 0 Å². The molecule has 0 radical (unpaired) electrons. The van der Waals surface area contributed by atoms with Crippen molar-refractivity contribution < 1.29 is 23.9 Å². The van der Waals surface area contributed by atoms with E-state index in [2.05, 4.69) is 5.32 Å². The van der Waals surface area contributed by atoms with E-state index in [1.165, 1.54) is 7.11 Å². The molecular formula is C20H24Cl3NO5. The molecule has 1 saturated carbocycles. The topological polar surface area (TPSA) is 81.7 Å². The summed E-state index contributed by atoms with van der Waals surface area (Å²) in [4.78, 5) is 37.9. The van der Waals surface area contributed by atoms with Crippen molar-refractivity contribution in [3.05, 3.63) is 29.8 Å². The van der Waals surface area contributed by atoms with Crippen LogP contribution in [0.3, 0.4) is 0 Å². The summed E-state index contributed by atoms with van der Waals surface area (Å²) in [6, 6.07) is 6.32. The van der Waals surface area contributed by atoms with Gasteiger partial charge in [-0.1, -0.05) is 60.3 Å². The summed E-state index contributed by atoms with van der Waals surface area (Å²) in [5.74, 6) is -2.48. The number of rotatable bonds is 5. The van der Waals surface area contributed by atoms with E-state index in [-0.39, 0.29) is 11.7 Å². The number of carbonyl (C=O) groups is 3. The fourth-order valence-corrected chi connectivity index (χ4v) is 3.90. The van der Waals surface area contributed by atoms with E-state index in [1.54, 1.807) is 7.11 Å². The average Bonchev–Trinajstić information content (AvgIpc) is 2.85. The van der Waals surface area contributed by atoms with Gasteiger partial charge in [0.15, 0.2) is 5.78 Å². The highest BCUT2D eigenvalue weighted by molar-refractivity contribution is 6.76. The highest BCUT2D eigenvalue weighted by Gasteiger charge is 2.45.